The smallest absolute Gasteiger partial charge is 0.409 e. The van der Waals surface area contributed by atoms with Crippen LogP contribution in [0.4, 0.5) is 10.5 Å². The molecule has 1 amide bonds. The average molecular weight is 269 g/mol. The zero-order valence-corrected chi connectivity index (χ0v) is 10.4. The largest absolute Gasteiger partial charge is 0.465 e. The van der Waals surface area contributed by atoms with Gasteiger partial charge in [0.2, 0.25) is 0 Å². The van der Waals surface area contributed by atoms with E-state index >= 15 is 0 Å². The van der Waals surface area contributed by atoms with Gasteiger partial charge in [0.05, 0.1) is 10.2 Å². The Morgan fingerprint density at radius 2 is 2.21 bits per heavy atom. The number of hydrogen-bond acceptors (Lipinski definition) is 4. The third kappa shape index (κ3) is 1.96. The van der Waals surface area contributed by atoms with Gasteiger partial charge < -0.3 is 5.11 Å². The first-order chi connectivity index (χ1) is 9.17. The van der Waals surface area contributed by atoms with Crippen molar-refractivity contribution in [1.29, 1.82) is 5.26 Å². The number of nitriles is 1. The maximum atomic E-state index is 10.6. The molecule has 0 saturated heterocycles. The van der Waals surface area contributed by atoms with Gasteiger partial charge in [-0.2, -0.15) is 5.26 Å². The van der Waals surface area contributed by atoms with Crippen LogP contribution in [0, 0.1) is 11.3 Å². The Morgan fingerprint density at radius 1 is 1.37 bits per heavy atom. The Kier molecular flexibility index (Phi) is 2.54. The minimum atomic E-state index is -1.09. The van der Waals surface area contributed by atoms with Crippen LogP contribution in [0.5, 0.6) is 0 Å². The van der Waals surface area contributed by atoms with E-state index in [0.717, 1.165) is 21.0 Å². The van der Waals surface area contributed by atoms with Crippen molar-refractivity contribution in [3.8, 4) is 6.07 Å². The van der Waals surface area contributed by atoms with Gasteiger partial charge in [0.25, 0.3) is 0 Å². The second kappa shape index (κ2) is 4.23. The Hall–Kier alpha value is -2.65. The minimum Gasteiger partial charge on any atom is -0.465 e. The van der Waals surface area contributed by atoms with E-state index in [1.54, 1.807) is 12.1 Å². The Labute approximate surface area is 111 Å². The molecule has 0 saturated carbocycles. The van der Waals surface area contributed by atoms with E-state index in [0.29, 0.717) is 10.7 Å². The summed E-state index contributed by atoms with van der Waals surface area (Å²) in [4.78, 5) is 14.8. The predicted molar refractivity (Wildman–Crippen MR) is 73.5 cm³/mol. The van der Waals surface area contributed by atoms with E-state index in [9.17, 15) is 4.79 Å². The quantitative estimate of drug-likeness (QED) is 0.708. The highest BCUT2D eigenvalue weighted by Crippen LogP contribution is 2.31. The number of hydrogen-bond donors (Lipinski definition) is 2. The fraction of sp³-hybridized carbons (Fsp3) is 0. The lowest BCUT2D eigenvalue weighted by atomic mass is 10.1. The molecule has 0 bridgehead atoms. The van der Waals surface area contributed by atoms with Crippen LogP contribution in [0.3, 0.4) is 0 Å². The highest BCUT2D eigenvalue weighted by Gasteiger charge is 2.08. The third-order valence-electron chi connectivity index (χ3n) is 2.72. The van der Waals surface area contributed by atoms with Crippen molar-refractivity contribution in [3.05, 3.63) is 35.3 Å². The molecule has 6 heteroatoms. The number of amides is 1. The summed E-state index contributed by atoms with van der Waals surface area (Å²) in [6.07, 6.45) is -1.09. The van der Waals surface area contributed by atoms with Crippen molar-refractivity contribution in [2.24, 2.45) is 0 Å². The Bertz CT molecular complexity index is 848. The van der Waals surface area contributed by atoms with Crippen molar-refractivity contribution in [2.45, 2.75) is 0 Å². The standard InChI is InChI=1S/C13H7N3O2S/c14-6-11-16-10-4-1-7-5-8(15-13(17)18)2-3-9(7)12(10)19-11/h1-5,15H,(H,17,18). The summed E-state index contributed by atoms with van der Waals surface area (Å²) >= 11 is 1.34. The van der Waals surface area contributed by atoms with Gasteiger partial charge in [0.15, 0.2) is 5.01 Å². The summed E-state index contributed by atoms with van der Waals surface area (Å²) < 4.78 is 0.941. The molecule has 0 spiro atoms. The van der Waals surface area contributed by atoms with Crippen LogP contribution in [0.2, 0.25) is 0 Å². The lowest BCUT2D eigenvalue weighted by Gasteiger charge is -2.03. The number of aromatic nitrogens is 1. The van der Waals surface area contributed by atoms with Gasteiger partial charge in [0, 0.05) is 11.1 Å². The lowest BCUT2D eigenvalue weighted by Crippen LogP contribution is -2.06. The van der Waals surface area contributed by atoms with E-state index < -0.39 is 6.09 Å². The molecule has 0 aliphatic heterocycles. The Balaban J connectivity index is 2.23. The number of carboxylic acid groups (broad SMARTS) is 1. The number of benzene rings is 2. The fourth-order valence-electron chi connectivity index (χ4n) is 1.96. The molecule has 3 rings (SSSR count). The van der Waals surface area contributed by atoms with E-state index in [-0.39, 0.29) is 0 Å². The molecular weight excluding hydrogens is 262 g/mol. The van der Waals surface area contributed by atoms with Gasteiger partial charge in [-0.05, 0) is 23.6 Å². The summed E-state index contributed by atoms with van der Waals surface area (Å²) in [5.74, 6) is 0. The van der Waals surface area contributed by atoms with Gasteiger partial charge >= 0.3 is 6.09 Å². The first-order valence-electron chi connectivity index (χ1n) is 5.41. The molecule has 2 aromatic carbocycles. The van der Waals surface area contributed by atoms with Gasteiger partial charge in [-0.3, -0.25) is 5.32 Å². The van der Waals surface area contributed by atoms with E-state index in [4.69, 9.17) is 10.4 Å². The molecule has 2 N–H and O–H groups in total. The molecule has 5 nitrogen and oxygen atoms in total. The topological polar surface area (TPSA) is 86.0 Å². The van der Waals surface area contributed by atoms with Crippen molar-refractivity contribution < 1.29 is 9.90 Å². The zero-order valence-electron chi connectivity index (χ0n) is 9.54. The van der Waals surface area contributed by atoms with Gasteiger partial charge in [-0.1, -0.05) is 12.1 Å². The number of fused-ring (bicyclic) bond motifs is 3. The molecule has 0 aliphatic carbocycles. The summed E-state index contributed by atoms with van der Waals surface area (Å²) in [6, 6.07) is 11.0. The number of nitrogens with zero attached hydrogens (tertiary/aromatic N) is 2. The molecule has 0 radical (unpaired) electrons. The SMILES string of the molecule is N#Cc1nc2ccc3cc(NC(=O)O)ccc3c2s1. The first-order valence-corrected chi connectivity index (χ1v) is 6.22. The van der Waals surface area contributed by atoms with Crippen LogP contribution in [-0.2, 0) is 0 Å². The number of carbonyl (C=O) groups is 1. The third-order valence-corrected chi connectivity index (χ3v) is 3.73. The number of thiazole rings is 1. The van der Waals surface area contributed by atoms with Crippen molar-refractivity contribution >= 4 is 44.1 Å². The van der Waals surface area contributed by atoms with Crippen molar-refractivity contribution in [2.75, 3.05) is 5.32 Å². The number of anilines is 1. The van der Waals surface area contributed by atoms with E-state index in [2.05, 4.69) is 10.3 Å². The average Bonchev–Trinajstić information content (AvgIpc) is 2.81. The summed E-state index contributed by atoms with van der Waals surface area (Å²) in [6.45, 7) is 0. The normalized spacial score (nSPS) is 10.5. The van der Waals surface area contributed by atoms with Crippen LogP contribution in [0.1, 0.15) is 5.01 Å². The van der Waals surface area contributed by atoms with Crippen LogP contribution < -0.4 is 5.32 Å². The van der Waals surface area contributed by atoms with Crippen molar-refractivity contribution in [1.82, 2.24) is 4.98 Å². The van der Waals surface area contributed by atoms with Gasteiger partial charge in [-0.15, -0.1) is 11.3 Å². The summed E-state index contributed by atoms with van der Waals surface area (Å²) in [7, 11) is 0. The number of rotatable bonds is 1. The molecule has 0 atom stereocenters. The minimum absolute atomic E-state index is 0.426. The molecule has 0 fully saturated rings. The fourth-order valence-corrected chi connectivity index (χ4v) is 2.86. The van der Waals surface area contributed by atoms with Crippen LogP contribution in [0.15, 0.2) is 30.3 Å². The molecular formula is C13H7N3O2S. The Morgan fingerprint density at radius 3 is 2.95 bits per heavy atom. The second-order valence-electron chi connectivity index (χ2n) is 3.91. The lowest BCUT2D eigenvalue weighted by molar-refractivity contribution is 0.210. The van der Waals surface area contributed by atoms with Crippen LogP contribution in [-0.4, -0.2) is 16.2 Å². The van der Waals surface area contributed by atoms with E-state index in [1.807, 2.05) is 24.3 Å². The molecule has 19 heavy (non-hydrogen) atoms. The first kappa shape index (κ1) is 11.4. The molecule has 1 aromatic heterocycles. The maximum Gasteiger partial charge on any atom is 0.409 e. The molecule has 0 aliphatic rings. The monoisotopic (exact) mass is 269 g/mol. The highest BCUT2D eigenvalue weighted by atomic mass is 32.1. The van der Waals surface area contributed by atoms with E-state index in [1.165, 1.54) is 11.3 Å². The van der Waals surface area contributed by atoms with Crippen LogP contribution >= 0.6 is 11.3 Å². The molecule has 3 aromatic rings. The molecule has 1 heterocycles. The summed E-state index contributed by atoms with van der Waals surface area (Å²) in [5.41, 5.74) is 1.30. The van der Waals surface area contributed by atoms with Gasteiger partial charge in [-0.25, -0.2) is 9.78 Å². The predicted octanol–water partition coefficient (Wildman–Crippen LogP) is 3.41. The zero-order chi connectivity index (χ0) is 13.4. The second-order valence-corrected chi connectivity index (χ2v) is 4.91. The molecule has 92 valence electrons. The van der Waals surface area contributed by atoms with Crippen LogP contribution in [0.25, 0.3) is 21.0 Å². The maximum absolute atomic E-state index is 10.6. The summed E-state index contributed by atoms with van der Waals surface area (Å²) in [5, 5.41) is 22.2. The van der Waals surface area contributed by atoms with Crippen molar-refractivity contribution in [3.63, 3.8) is 0 Å². The van der Waals surface area contributed by atoms with Gasteiger partial charge in [0.1, 0.15) is 6.07 Å². The number of nitrogens with one attached hydrogen (secondary N) is 1. The molecule has 0 unspecified atom stereocenters. The highest BCUT2D eigenvalue weighted by molar-refractivity contribution is 7.20.